The number of hydrogen-bond donors (Lipinski definition) is 1. The predicted molar refractivity (Wildman–Crippen MR) is 56.3 cm³/mol. The molecule has 3 nitrogen and oxygen atoms in total. The average molecular weight is 210 g/mol. The van der Waals surface area contributed by atoms with Crippen LogP contribution in [0.25, 0.3) is 0 Å². The number of aromatic nitrogens is 1. The Kier molecular flexibility index (Phi) is 2.86. The van der Waals surface area contributed by atoms with Gasteiger partial charge in [0, 0.05) is 19.3 Å². The van der Waals surface area contributed by atoms with Crippen LogP contribution in [0.15, 0.2) is 18.3 Å². The predicted octanol–water partition coefficient (Wildman–Crippen LogP) is 2.20. The highest BCUT2D eigenvalue weighted by molar-refractivity contribution is 5.35. The molecule has 1 atom stereocenters. The van der Waals surface area contributed by atoms with Crippen molar-refractivity contribution in [1.82, 2.24) is 4.98 Å². The lowest BCUT2D eigenvalue weighted by atomic mass is 10.0. The summed E-state index contributed by atoms with van der Waals surface area (Å²) in [6.45, 7) is 3.43. The summed E-state index contributed by atoms with van der Waals surface area (Å²) in [6, 6.07) is 2.97. The summed E-state index contributed by atoms with van der Waals surface area (Å²) in [7, 11) is 0. The Morgan fingerprint density at radius 1 is 1.67 bits per heavy atom. The molecular formula is C11H15FN2O. The number of halogens is 1. The van der Waals surface area contributed by atoms with Gasteiger partial charge in [0.1, 0.15) is 0 Å². The highest BCUT2D eigenvalue weighted by atomic mass is 19.1. The van der Waals surface area contributed by atoms with Crippen LogP contribution >= 0.6 is 0 Å². The molecular weight excluding hydrogens is 195 g/mol. The Bertz CT molecular complexity index is 337. The van der Waals surface area contributed by atoms with Crippen LogP contribution in [0.2, 0.25) is 0 Å². The van der Waals surface area contributed by atoms with Crippen LogP contribution in [0, 0.1) is 5.82 Å². The average Bonchev–Trinajstić information content (AvgIpc) is 2.65. The lowest BCUT2D eigenvalue weighted by molar-refractivity contribution is 0.0314. The minimum Gasteiger partial charge on any atom is -0.373 e. The quantitative estimate of drug-likeness (QED) is 0.830. The SMILES string of the molecule is CC1(CNc2ncccc2F)CCCO1. The van der Waals surface area contributed by atoms with Gasteiger partial charge in [0.05, 0.1) is 5.60 Å². The number of nitrogens with one attached hydrogen (secondary N) is 1. The van der Waals surface area contributed by atoms with E-state index < -0.39 is 0 Å². The van der Waals surface area contributed by atoms with Crippen molar-refractivity contribution in [2.75, 3.05) is 18.5 Å². The molecule has 1 aliphatic rings. The lowest BCUT2D eigenvalue weighted by Gasteiger charge is -2.23. The first-order chi connectivity index (χ1) is 7.20. The molecule has 1 aromatic rings. The van der Waals surface area contributed by atoms with E-state index in [0.717, 1.165) is 19.4 Å². The Labute approximate surface area is 88.7 Å². The maximum Gasteiger partial charge on any atom is 0.165 e. The number of pyridine rings is 1. The van der Waals surface area contributed by atoms with Crippen LogP contribution < -0.4 is 5.32 Å². The van der Waals surface area contributed by atoms with Gasteiger partial charge in [-0.05, 0) is 31.9 Å². The van der Waals surface area contributed by atoms with Gasteiger partial charge in [-0.15, -0.1) is 0 Å². The van der Waals surface area contributed by atoms with Gasteiger partial charge in [-0.2, -0.15) is 0 Å². The Balaban J connectivity index is 1.95. The molecule has 4 heteroatoms. The van der Waals surface area contributed by atoms with E-state index in [1.807, 2.05) is 6.92 Å². The summed E-state index contributed by atoms with van der Waals surface area (Å²) in [5, 5.41) is 2.98. The smallest absolute Gasteiger partial charge is 0.165 e. The van der Waals surface area contributed by atoms with Crippen LogP contribution in [0.3, 0.4) is 0 Å². The Morgan fingerprint density at radius 3 is 3.20 bits per heavy atom. The highest BCUT2D eigenvalue weighted by Crippen LogP contribution is 2.25. The summed E-state index contributed by atoms with van der Waals surface area (Å²) in [5.41, 5.74) is -0.177. The topological polar surface area (TPSA) is 34.2 Å². The minimum absolute atomic E-state index is 0.177. The van der Waals surface area contributed by atoms with Crippen molar-refractivity contribution >= 4 is 5.82 Å². The van der Waals surface area contributed by atoms with Crippen LogP contribution in [-0.2, 0) is 4.74 Å². The maximum atomic E-state index is 13.2. The first-order valence-electron chi connectivity index (χ1n) is 5.18. The fourth-order valence-corrected chi connectivity index (χ4v) is 1.76. The van der Waals surface area contributed by atoms with Gasteiger partial charge >= 0.3 is 0 Å². The number of rotatable bonds is 3. The molecule has 0 spiro atoms. The molecule has 1 saturated heterocycles. The van der Waals surface area contributed by atoms with E-state index in [-0.39, 0.29) is 11.4 Å². The van der Waals surface area contributed by atoms with Crippen LogP contribution in [0.4, 0.5) is 10.2 Å². The Hall–Kier alpha value is -1.16. The zero-order valence-corrected chi connectivity index (χ0v) is 8.79. The van der Waals surface area contributed by atoms with E-state index in [2.05, 4.69) is 10.3 Å². The summed E-state index contributed by atoms with van der Waals surface area (Å²) >= 11 is 0. The van der Waals surface area contributed by atoms with Crippen molar-refractivity contribution in [2.24, 2.45) is 0 Å². The van der Waals surface area contributed by atoms with Crippen LogP contribution in [-0.4, -0.2) is 23.7 Å². The summed E-state index contributed by atoms with van der Waals surface area (Å²) < 4.78 is 18.8. The number of hydrogen-bond acceptors (Lipinski definition) is 3. The van der Waals surface area contributed by atoms with Crippen LogP contribution in [0.5, 0.6) is 0 Å². The molecule has 2 heterocycles. The van der Waals surface area contributed by atoms with Crippen molar-refractivity contribution in [3.05, 3.63) is 24.1 Å². The first kappa shape index (κ1) is 10.4. The number of nitrogens with zero attached hydrogens (tertiary/aromatic N) is 1. The summed E-state index contributed by atoms with van der Waals surface area (Å²) in [4.78, 5) is 3.93. The van der Waals surface area contributed by atoms with Gasteiger partial charge in [-0.3, -0.25) is 0 Å². The van der Waals surface area contributed by atoms with E-state index in [1.165, 1.54) is 6.07 Å². The third kappa shape index (κ3) is 2.45. The van der Waals surface area contributed by atoms with Gasteiger partial charge in [-0.25, -0.2) is 9.37 Å². The molecule has 82 valence electrons. The monoisotopic (exact) mass is 210 g/mol. The fraction of sp³-hybridized carbons (Fsp3) is 0.545. The van der Waals surface area contributed by atoms with Crippen molar-refractivity contribution < 1.29 is 9.13 Å². The van der Waals surface area contributed by atoms with Gasteiger partial charge in [0.2, 0.25) is 0 Å². The molecule has 0 amide bonds. The molecule has 1 aliphatic heterocycles. The van der Waals surface area contributed by atoms with E-state index in [1.54, 1.807) is 12.3 Å². The zero-order chi connectivity index (χ0) is 10.7. The van der Waals surface area contributed by atoms with E-state index in [0.29, 0.717) is 12.4 Å². The molecule has 0 radical (unpaired) electrons. The first-order valence-corrected chi connectivity index (χ1v) is 5.18. The van der Waals surface area contributed by atoms with Crippen molar-refractivity contribution in [3.63, 3.8) is 0 Å². The summed E-state index contributed by atoms with van der Waals surface area (Å²) in [6.07, 6.45) is 3.65. The molecule has 1 unspecified atom stereocenters. The fourth-order valence-electron chi connectivity index (χ4n) is 1.76. The van der Waals surface area contributed by atoms with E-state index in [9.17, 15) is 4.39 Å². The van der Waals surface area contributed by atoms with Gasteiger partial charge in [-0.1, -0.05) is 0 Å². The molecule has 2 rings (SSSR count). The minimum atomic E-state index is -0.320. The molecule has 0 bridgehead atoms. The molecule has 0 aromatic carbocycles. The maximum absolute atomic E-state index is 13.2. The second-order valence-electron chi connectivity index (χ2n) is 4.09. The standard InChI is InChI=1S/C11H15FN2O/c1-11(5-3-7-15-11)8-14-10-9(12)4-2-6-13-10/h2,4,6H,3,5,7-8H2,1H3,(H,13,14). The van der Waals surface area contributed by atoms with E-state index >= 15 is 0 Å². The molecule has 1 fully saturated rings. The van der Waals surface area contributed by atoms with E-state index in [4.69, 9.17) is 4.74 Å². The molecule has 1 N–H and O–H groups in total. The number of anilines is 1. The molecule has 0 saturated carbocycles. The van der Waals surface area contributed by atoms with Crippen LogP contribution in [0.1, 0.15) is 19.8 Å². The third-order valence-electron chi connectivity index (χ3n) is 2.69. The van der Waals surface area contributed by atoms with Gasteiger partial charge in [0.15, 0.2) is 11.6 Å². The number of ether oxygens (including phenoxy) is 1. The molecule has 1 aromatic heterocycles. The second kappa shape index (κ2) is 4.14. The van der Waals surface area contributed by atoms with Crippen molar-refractivity contribution in [1.29, 1.82) is 0 Å². The normalized spacial score (nSPS) is 25.5. The lowest BCUT2D eigenvalue weighted by Crippen LogP contribution is -2.33. The van der Waals surface area contributed by atoms with Crippen molar-refractivity contribution in [2.45, 2.75) is 25.4 Å². The molecule has 0 aliphatic carbocycles. The third-order valence-corrected chi connectivity index (χ3v) is 2.69. The summed E-state index contributed by atoms with van der Waals surface area (Å²) in [5.74, 6) is -0.0201. The second-order valence-corrected chi connectivity index (χ2v) is 4.09. The molecule has 15 heavy (non-hydrogen) atoms. The van der Waals surface area contributed by atoms with Crippen molar-refractivity contribution in [3.8, 4) is 0 Å². The van der Waals surface area contributed by atoms with Gasteiger partial charge in [0.25, 0.3) is 0 Å². The highest BCUT2D eigenvalue weighted by Gasteiger charge is 2.29. The largest absolute Gasteiger partial charge is 0.373 e. The van der Waals surface area contributed by atoms with Gasteiger partial charge < -0.3 is 10.1 Å². The Morgan fingerprint density at radius 2 is 2.53 bits per heavy atom. The zero-order valence-electron chi connectivity index (χ0n) is 8.79.